The van der Waals surface area contributed by atoms with Crippen LogP contribution in [0.5, 0.6) is 11.5 Å². The Kier molecular flexibility index (Phi) is 17.1. The van der Waals surface area contributed by atoms with Crippen molar-refractivity contribution in [2.45, 2.75) is 53.9 Å². The summed E-state index contributed by atoms with van der Waals surface area (Å²) in [5.41, 5.74) is 4.22. The van der Waals surface area contributed by atoms with Gasteiger partial charge < -0.3 is 27.0 Å². The molecule has 0 aliphatic heterocycles. The van der Waals surface area contributed by atoms with E-state index in [0.717, 1.165) is 71.6 Å². The second kappa shape index (κ2) is 17.9. The van der Waals surface area contributed by atoms with Crippen LogP contribution < -0.4 is 9.47 Å². The van der Waals surface area contributed by atoms with Crippen LogP contribution in [0.25, 0.3) is 0 Å². The van der Waals surface area contributed by atoms with E-state index in [1.807, 2.05) is 30.3 Å². The smallest absolute Gasteiger partial charge is 0.261 e. The number of hydrogen-bond donors (Lipinski definition) is 2. The second-order valence-corrected chi connectivity index (χ2v) is 11.9. The Balaban J connectivity index is 0.000000748. The quantitative estimate of drug-likeness (QED) is 0.269. The largest absolute Gasteiger partial charge is 0.511 e. The fraction of sp³-hybridized carbons (Fsp3) is 0.548. The molecule has 229 valence electrons. The van der Waals surface area contributed by atoms with Crippen LogP contribution in [-0.2, 0) is 36.6 Å². The monoisotopic (exact) mass is 754 g/mol. The Morgan fingerprint density at radius 2 is 1.43 bits per heavy atom. The fourth-order valence-corrected chi connectivity index (χ4v) is 5.10. The van der Waals surface area contributed by atoms with Crippen LogP contribution in [0.4, 0.5) is 5.69 Å². The molecular weight excluding hydrogens is 707 g/mol. The molecule has 1 radical (unpaired) electrons. The first kappa shape index (κ1) is 38.2. The number of aliphatic imine (C=N–C) groups is 1. The van der Waals surface area contributed by atoms with Gasteiger partial charge in [0.15, 0.2) is 0 Å². The van der Waals surface area contributed by atoms with Crippen LogP contribution in [0, 0.1) is 43.1 Å². The summed E-state index contributed by atoms with van der Waals surface area (Å²) in [6.45, 7) is 12.3. The van der Waals surface area contributed by atoms with Crippen LogP contribution in [0.15, 0.2) is 41.4 Å². The minimum atomic E-state index is -3.67. The zero-order valence-corrected chi connectivity index (χ0v) is 28.3. The molecule has 2 aliphatic carbocycles. The molecule has 0 unspecified atom stereocenters. The summed E-state index contributed by atoms with van der Waals surface area (Å²) in [6.07, 6.45) is 3.77. The molecule has 0 bridgehead atoms. The summed E-state index contributed by atoms with van der Waals surface area (Å²) < 4.78 is 36.5. The van der Waals surface area contributed by atoms with E-state index in [0.29, 0.717) is 12.0 Å². The number of aliphatic hydroxyl groups excluding tert-OH is 1. The molecule has 2 aromatic carbocycles. The first-order valence-corrected chi connectivity index (χ1v) is 15.1. The first-order valence-electron chi connectivity index (χ1n) is 13.3. The van der Waals surface area contributed by atoms with Crippen molar-refractivity contribution in [3.05, 3.63) is 61.0 Å². The normalized spacial score (nSPS) is 24.1. The minimum absolute atomic E-state index is 0. The molecule has 0 heterocycles. The Morgan fingerprint density at radius 1 is 0.925 bits per heavy atom. The summed E-state index contributed by atoms with van der Waals surface area (Å²) >= 11 is 0. The van der Waals surface area contributed by atoms with E-state index in [9.17, 15) is 8.42 Å². The van der Waals surface area contributed by atoms with E-state index in [1.54, 1.807) is 7.11 Å². The molecule has 0 spiro atoms. The molecule has 0 aromatic heterocycles. The molecule has 9 heteroatoms. The molecule has 7 nitrogen and oxygen atoms in total. The molecule has 2 aliphatic rings. The van der Waals surface area contributed by atoms with Crippen molar-refractivity contribution in [2.24, 2.45) is 34.6 Å². The van der Waals surface area contributed by atoms with Crippen molar-refractivity contribution in [2.75, 3.05) is 26.6 Å². The SMILES string of the molecule is CC1C(C)C(C)C(C)C1C.COc1ccc(N=C2CCCc3ccc(OCCO)[c-]c32)cc1.CS(=O)(=O)O.[CH3-].[Ir]. The Labute approximate surface area is 255 Å². The number of methoxy groups -OCH3 is 1. The maximum absolute atomic E-state index is 9.19. The van der Waals surface area contributed by atoms with Gasteiger partial charge in [0.05, 0.1) is 25.7 Å². The van der Waals surface area contributed by atoms with Crippen LogP contribution >= 0.6 is 0 Å². The zero-order chi connectivity index (χ0) is 28.5. The third kappa shape index (κ3) is 12.0. The summed E-state index contributed by atoms with van der Waals surface area (Å²) in [7, 11) is -2.01. The van der Waals surface area contributed by atoms with Crippen molar-refractivity contribution >= 4 is 21.5 Å². The van der Waals surface area contributed by atoms with Crippen LogP contribution in [0.2, 0.25) is 0 Å². The van der Waals surface area contributed by atoms with Gasteiger partial charge in [0.2, 0.25) is 0 Å². The molecule has 2 N–H and O–H groups in total. The molecule has 1 saturated carbocycles. The van der Waals surface area contributed by atoms with Crippen LogP contribution in [0.3, 0.4) is 0 Å². The number of fused-ring (bicyclic) bond motifs is 1. The second-order valence-electron chi connectivity index (χ2n) is 10.4. The van der Waals surface area contributed by atoms with Gasteiger partial charge in [-0.05, 0) is 66.0 Å². The molecule has 0 amide bonds. The van der Waals surface area contributed by atoms with Gasteiger partial charge in [-0.15, -0.1) is 23.3 Å². The van der Waals surface area contributed by atoms with Gasteiger partial charge in [-0.2, -0.15) is 8.42 Å². The van der Waals surface area contributed by atoms with Crippen molar-refractivity contribution < 1.29 is 47.7 Å². The van der Waals surface area contributed by atoms with Gasteiger partial charge in [0, 0.05) is 25.9 Å². The molecule has 0 atom stereocenters. The topological polar surface area (TPSA) is 105 Å². The average Bonchev–Trinajstić information content (AvgIpc) is 3.05. The maximum Gasteiger partial charge on any atom is 0.261 e. The molecule has 4 rings (SSSR count). The van der Waals surface area contributed by atoms with E-state index >= 15 is 0 Å². The summed E-state index contributed by atoms with van der Waals surface area (Å²) in [5.74, 6) is 6.15. The number of ether oxygens (including phenoxy) is 2. The van der Waals surface area contributed by atoms with Gasteiger partial charge in [-0.1, -0.05) is 53.5 Å². The van der Waals surface area contributed by atoms with E-state index in [4.69, 9.17) is 24.1 Å². The van der Waals surface area contributed by atoms with E-state index in [1.165, 1.54) is 5.56 Å². The third-order valence-electron chi connectivity index (χ3n) is 7.99. The zero-order valence-electron chi connectivity index (χ0n) is 25.1. The Hall–Kier alpha value is -1.77. The van der Waals surface area contributed by atoms with Crippen molar-refractivity contribution in [1.29, 1.82) is 0 Å². The predicted octanol–water partition coefficient (Wildman–Crippen LogP) is 6.46. The fourth-order valence-electron chi connectivity index (χ4n) is 5.10. The third-order valence-corrected chi connectivity index (χ3v) is 7.99. The molecule has 1 fully saturated rings. The number of rotatable bonds is 5. The number of nitrogens with zero attached hydrogens (tertiary/aromatic N) is 1. The van der Waals surface area contributed by atoms with Crippen molar-refractivity contribution in [3.8, 4) is 11.5 Å². The number of aliphatic hydroxyl groups is 1. The molecular formula is C31H47IrNO6S-2. The minimum Gasteiger partial charge on any atom is -0.511 e. The summed E-state index contributed by atoms with van der Waals surface area (Å²) in [5, 5.41) is 8.88. The Bertz CT molecular complexity index is 1100. The van der Waals surface area contributed by atoms with Crippen LogP contribution in [-0.4, -0.2) is 50.4 Å². The number of benzene rings is 2. The average molecular weight is 754 g/mol. The van der Waals surface area contributed by atoms with Gasteiger partial charge >= 0.3 is 0 Å². The van der Waals surface area contributed by atoms with E-state index < -0.39 is 10.1 Å². The maximum atomic E-state index is 9.19. The van der Waals surface area contributed by atoms with Gasteiger partial charge in [-0.25, -0.2) is 0 Å². The van der Waals surface area contributed by atoms with Crippen molar-refractivity contribution in [1.82, 2.24) is 0 Å². The van der Waals surface area contributed by atoms with Gasteiger partial charge in [0.25, 0.3) is 10.1 Å². The summed E-state index contributed by atoms with van der Waals surface area (Å²) in [6, 6.07) is 15.0. The van der Waals surface area contributed by atoms with Crippen LogP contribution in [0.1, 0.15) is 58.6 Å². The molecule has 40 heavy (non-hydrogen) atoms. The van der Waals surface area contributed by atoms with Gasteiger partial charge in [0.1, 0.15) is 12.4 Å². The van der Waals surface area contributed by atoms with E-state index in [2.05, 4.69) is 46.8 Å². The van der Waals surface area contributed by atoms with Gasteiger partial charge in [-0.3, -0.25) is 4.55 Å². The predicted molar refractivity (Wildman–Crippen MR) is 160 cm³/mol. The molecule has 0 saturated heterocycles. The standard InChI is InChI=1S/C19H20NO3.C10H20.CH4O3S.CH3.Ir/c1-22-16-9-6-15(7-10-16)20-19-4-2-3-14-5-8-17(13-18(14)19)23-12-11-21;1-6-7(2)9(4)10(5)8(6)3;1-5(2,3)4;;/h5-10,21H,2-4,11-12H2,1H3;6-10H,1-5H3;1H3,(H,2,3,4);1H3;/q-1;;;-1;. The first-order chi connectivity index (χ1) is 17.8. The number of aryl methyl sites for hydroxylation is 1. The van der Waals surface area contributed by atoms with Crippen molar-refractivity contribution in [3.63, 3.8) is 0 Å². The van der Waals surface area contributed by atoms with E-state index in [-0.39, 0.29) is 40.7 Å². The molecule has 2 aromatic rings. The Morgan fingerprint density at radius 3 is 1.88 bits per heavy atom. The number of hydrogen-bond acceptors (Lipinski definition) is 6. The summed E-state index contributed by atoms with van der Waals surface area (Å²) in [4.78, 5) is 4.78.